The molecule has 1 saturated heterocycles. The Labute approximate surface area is 130 Å². The second-order valence-corrected chi connectivity index (χ2v) is 6.17. The second-order valence-electron chi connectivity index (χ2n) is 5.17. The summed E-state index contributed by atoms with van der Waals surface area (Å²) in [6.07, 6.45) is 3.73. The minimum absolute atomic E-state index is 0.00484. The second kappa shape index (κ2) is 8.18. The van der Waals surface area contributed by atoms with Crippen molar-refractivity contribution in [2.45, 2.75) is 38.3 Å². The Kier molecular flexibility index (Phi) is 6.24. The van der Waals surface area contributed by atoms with Crippen molar-refractivity contribution >= 4 is 17.2 Å². The van der Waals surface area contributed by atoms with E-state index >= 15 is 0 Å². The molecule has 0 aliphatic carbocycles. The fourth-order valence-corrected chi connectivity index (χ4v) is 3.43. The summed E-state index contributed by atoms with van der Waals surface area (Å²) in [6.45, 7) is 1.89. The molecule has 114 valence electrons. The third kappa shape index (κ3) is 4.57. The number of piperidine rings is 1. The maximum Gasteiger partial charge on any atom is 0.237 e. The van der Waals surface area contributed by atoms with Crippen LogP contribution in [0.1, 0.15) is 36.1 Å². The number of nitrogens with one attached hydrogen (secondary N) is 1. The van der Waals surface area contributed by atoms with Crippen molar-refractivity contribution in [3.8, 4) is 11.8 Å². The highest BCUT2D eigenvalue weighted by Gasteiger charge is 2.28. The molecule has 1 unspecified atom stereocenters. The van der Waals surface area contributed by atoms with E-state index in [9.17, 15) is 4.79 Å². The topological polar surface area (TPSA) is 52.6 Å². The zero-order valence-electron chi connectivity index (χ0n) is 12.4. The number of aliphatic hydroxyl groups is 1. The molecule has 1 aliphatic heterocycles. The molecule has 1 aromatic rings. The van der Waals surface area contributed by atoms with Gasteiger partial charge in [0.1, 0.15) is 0 Å². The molecule has 1 fully saturated rings. The maximum absolute atomic E-state index is 12.0. The van der Waals surface area contributed by atoms with Gasteiger partial charge in [-0.2, -0.15) is 0 Å². The molecule has 21 heavy (non-hydrogen) atoms. The zero-order valence-corrected chi connectivity index (χ0v) is 13.2. The summed E-state index contributed by atoms with van der Waals surface area (Å²) >= 11 is 1.68. The van der Waals surface area contributed by atoms with Gasteiger partial charge in [0.2, 0.25) is 5.91 Å². The van der Waals surface area contributed by atoms with E-state index in [0.717, 1.165) is 37.9 Å². The van der Waals surface area contributed by atoms with Gasteiger partial charge in [-0.05, 0) is 25.5 Å². The van der Waals surface area contributed by atoms with E-state index in [0.29, 0.717) is 6.42 Å². The van der Waals surface area contributed by atoms with Crippen LogP contribution >= 0.6 is 11.3 Å². The van der Waals surface area contributed by atoms with E-state index in [2.05, 4.69) is 28.1 Å². The number of likely N-dealkylation sites (tertiary alicyclic amines) is 1. The molecule has 0 saturated carbocycles. The summed E-state index contributed by atoms with van der Waals surface area (Å²) in [5.41, 5.74) is 0.997. The predicted molar refractivity (Wildman–Crippen MR) is 85.0 cm³/mol. The highest BCUT2D eigenvalue weighted by Crippen LogP contribution is 2.23. The lowest BCUT2D eigenvalue weighted by Gasteiger charge is -2.33. The number of carbonyl (C=O) groups is 1. The Hall–Kier alpha value is -1.35. The number of carbonyl (C=O) groups excluding carboxylic acids is 1. The van der Waals surface area contributed by atoms with Crippen LogP contribution in [0.4, 0.5) is 0 Å². The molecule has 1 aromatic heterocycles. The summed E-state index contributed by atoms with van der Waals surface area (Å²) < 4.78 is 0. The molecule has 0 bridgehead atoms. The first-order valence-corrected chi connectivity index (χ1v) is 8.25. The molecule has 2 N–H and O–H groups in total. The van der Waals surface area contributed by atoms with Crippen molar-refractivity contribution < 1.29 is 9.90 Å². The molecular weight excluding hydrogens is 284 g/mol. The van der Waals surface area contributed by atoms with Crippen LogP contribution in [0.25, 0.3) is 0 Å². The van der Waals surface area contributed by atoms with E-state index < -0.39 is 0 Å². The van der Waals surface area contributed by atoms with Crippen molar-refractivity contribution in [3.05, 3.63) is 21.9 Å². The summed E-state index contributed by atoms with van der Waals surface area (Å²) in [5, 5.41) is 13.5. The molecule has 0 spiro atoms. The van der Waals surface area contributed by atoms with E-state index in [-0.39, 0.29) is 18.6 Å². The molecule has 0 radical (unpaired) electrons. The first-order valence-electron chi connectivity index (χ1n) is 7.37. The van der Waals surface area contributed by atoms with Gasteiger partial charge >= 0.3 is 0 Å². The molecule has 1 aliphatic rings. The number of aliphatic hydroxyl groups excluding tert-OH is 1. The molecule has 1 atom stereocenters. The summed E-state index contributed by atoms with van der Waals surface area (Å²) in [5.74, 6) is 6.10. The fraction of sp³-hybridized carbons (Fsp3) is 0.562. The fourth-order valence-electron chi connectivity index (χ4n) is 2.59. The molecule has 2 heterocycles. The van der Waals surface area contributed by atoms with Crippen LogP contribution in [0.15, 0.2) is 11.4 Å². The van der Waals surface area contributed by atoms with Gasteiger partial charge in [0, 0.05) is 35.8 Å². The van der Waals surface area contributed by atoms with Crippen LogP contribution in [0, 0.1) is 11.8 Å². The van der Waals surface area contributed by atoms with Gasteiger partial charge in [-0.3, -0.25) is 9.69 Å². The molecule has 5 heteroatoms. The molecule has 0 aromatic carbocycles. The average molecular weight is 306 g/mol. The Morgan fingerprint density at radius 1 is 1.57 bits per heavy atom. The lowest BCUT2D eigenvalue weighted by molar-refractivity contribution is -0.127. The van der Waals surface area contributed by atoms with Gasteiger partial charge in [-0.25, -0.2) is 0 Å². The summed E-state index contributed by atoms with van der Waals surface area (Å²) in [6, 6.07) is 2.08. The number of amides is 1. The SMILES string of the molecule is CNC(=O)C1CCCCN1Cc1cc(C#CCCO)cs1. The monoisotopic (exact) mass is 306 g/mol. The number of hydrogen-bond acceptors (Lipinski definition) is 4. The van der Waals surface area contributed by atoms with Gasteiger partial charge in [-0.15, -0.1) is 11.3 Å². The van der Waals surface area contributed by atoms with Crippen LogP contribution in [0.5, 0.6) is 0 Å². The van der Waals surface area contributed by atoms with Gasteiger partial charge in [0.15, 0.2) is 0 Å². The molecule has 2 rings (SSSR count). The Morgan fingerprint density at radius 3 is 3.19 bits per heavy atom. The van der Waals surface area contributed by atoms with Gasteiger partial charge in [-0.1, -0.05) is 18.3 Å². The molecule has 1 amide bonds. The van der Waals surface area contributed by atoms with Crippen molar-refractivity contribution in [1.82, 2.24) is 10.2 Å². The lowest BCUT2D eigenvalue weighted by Crippen LogP contribution is -2.48. The van der Waals surface area contributed by atoms with Crippen molar-refractivity contribution in [2.75, 3.05) is 20.2 Å². The Morgan fingerprint density at radius 2 is 2.43 bits per heavy atom. The third-order valence-corrected chi connectivity index (χ3v) is 4.57. The van der Waals surface area contributed by atoms with Gasteiger partial charge in [0.05, 0.1) is 12.6 Å². The van der Waals surface area contributed by atoms with Crippen LogP contribution < -0.4 is 5.32 Å². The van der Waals surface area contributed by atoms with Crippen LogP contribution in [-0.2, 0) is 11.3 Å². The van der Waals surface area contributed by atoms with Crippen LogP contribution in [0.2, 0.25) is 0 Å². The summed E-state index contributed by atoms with van der Waals surface area (Å²) in [4.78, 5) is 15.4. The minimum atomic E-state index is -0.00484. The highest BCUT2D eigenvalue weighted by molar-refractivity contribution is 7.10. The first-order chi connectivity index (χ1) is 10.2. The Balaban J connectivity index is 1.99. The van der Waals surface area contributed by atoms with E-state index in [1.807, 2.05) is 5.38 Å². The van der Waals surface area contributed by atoms with E-state index in [1.165, 1.54) is 4.88 Å². The summed E-state index contributed by atoms with van der Waals surface area (Å²) in [7, 11) is 1.70. The van der Waals surface area contributed by atoms with Gasteiger partial charge in [0.25, 0.3) is 0 Å². The van der Waals surface area contributed by atoms with Gasteiger partial charge < -0.3 is 10.4 Å². The number of likely N-dealkylation sites (N-methyl/N-ethyl adjacent to an activating group) is 1. The van der Waals surface area contributed by atoms with E-state index in [1.54, 1.807) is 18.4 Å². The predicted octanol–water partition coefficient (Wildman–Crippen LogP) is 1.58. The highest BCUT2D eigenvalue weighted by atomic mass is 32.1. The average Bonchev–Trinajstić information content (AvgIpc) is 2.95. The number of thiophene rings is 1. The third-order valence-electron chi connectivity index (χ3n) is 3.64. The molecule has 4 nitrogen and oxygen atoms in total. The largest absolute Gasteiger partial charge is 0.395 e. The van der Waals surface area contributed by atoms with Crippen molar-refractivity contribution in [3.63, 3.8) is 0 Å². The normalized spacial score (nSPS) is 18.9. The standard InChI is InChI=1S/C16H22N2O2S/c1-17-16(20)15-7-2-4-8-18(15)11-14-10-13(12-21-14)6-3-5-9-19/h10,12,15,19H,2,4-5,7-9,11H2,1H3,(H,17,20). The molecular formula is C16H22N2O2S. The first kappa shape index (κ1) is 16.0. The smallest absolute Gasteiger partial charge is 0.237 e. The van der Waals surface area contributed by atoms with Crippen LogP contribution in [0.3, 0.4) is 0 Å². The van der Waals surface area contributed by atoms with Crippen molar-refractivity contribution in [1.29, 1.82) is 0 Å². The van der Waals surface area contributed by atoms with E-state index in [4.69, 9.17) is 5.11 Å². The maximum atomic E-state index is 12.0. The minimum Gasteiger partial charge on any atom is -0.395 e. The lowest BCUT2D eigenvalue weighted by atomic mass is 10.0. The number of rotatable bonds is 4. The van der Waals surface area contributed by atoms with Crippen LogP contribution in [-0.4, -0.2) is 42.2 Å². The van der Waals surface area contributed by atoms with Crippen molar-refractivity contribution in [2.24, 2.45) is 0 Å². The quantitative estimate of drug-likeness (QED) is 0.831. The zero-order chi connectivity index (χ0) is 15.1. The number of nitrogens with zero attached hydrogens (tertiary/aromatic N) is 1. The number of hydrogen-bond donors (Lipinski definition) is 2. The Bertz CT molecular complexity index is 530.